The van der Waals surface area contributed by atoms with Crippen LogP contribution in [-0.2, 0) is 28.9 Å². The van der Waals surface area contributed by atoms with E-state index in [9.17, 15) is 14.0 Å². The van der Waals surface area contributed by atoms with Crippen LogP contribution >= 0.6 is 0 Å². The first-order valence-corrected chi connectivity index (χ1v) is 8.24. The number of rotatable bonds is 4. The molecule has 0 bridgehead atoms. The lowest BCUT2D eigenvalue weighted by Gasteiger charge is -2.19. The van der Waals surface area contributed by atoms with Crippen molar-refractivity contribution in [1.82, 2.24) is 20.3 Å². The van der Waals surface area contributed by atoms with Gasteiger partial charge in [-0.25, -0.2) is 9.18 Å². The van der Waals surface area contributed by atoms with Crippen LogP contribution < -0.4 is 5.32 Å². The van der Waals surface area contributed by atoms with Crippen molar-refractivity contribution in [1.29, 1.82) is 0 Å². The zero-order chi connectivity index (χ0) is 18.2. The highest BCUT2D eigenvalue weighted by Crippen LogP contribution is 2.32. The average molecular weight is 348 g/mol. The summed E-state index contributed by atoms with van der Waals surface area (Å²) in [5.41, 5.74) is 1.84. The zero-order valence-electron chi connectivity index (χ0n) is 14.5. The van der Waals surface area contributed by atoms with Crippen LogP contribution in [0.2, 0.25) is 0 Å². The van der Waals surface area contributed by atoms with Crippen LogP contribution in [0.25, 0.3) is 11.0 Å². The molecule has 2 aromatic rings. The summed E-state index contributed by atoms with van der Waals surface area (Å²) in [6.07, 6.45) is 1.25. The highest BCUT2D eigenvalue weighted by molar-refractivity contribution is 5.81. The van der Waals surface area contributed by atoms with Crippen molar-refractivity contribution in [2.75, 3.05) is 6.54 Å². The number of halogens is 1. The molecule has 134 valence electrons. The number of aromatic nitrogens is 3. The van der Waals surface area contributed by atoms with Crippen molar-refractivity contribution < 1.29 is 18.7 Å². The molecule has 0 radical (unpaired) electrons. The van der Waals surface area contributed by atoms with E-state index in [0.717, 1.165) is 11.8 Å². The summed E-state index contributed by atoms with van der Waals surface area (Å²) in [5, 5.41) is 11.3. The summed E-state index contributed by atoms with van der Waals surface area (Å²) < 4.78 is 19.3. The van der Waals surface area contributed by atoms with Crippen molar-refractivity contribution in [2.24, 2.45) is 5.92 Å². The van der Waals surface area contributed by atoms with Gasteiger partial charge in [0.05, 0.1) is 6.54 Å². The van der Waals surface area contributed by atoms with Gasteiger partial charge < -0.3 is 14.8 Å². The molecule has 25 heavy (non-hydrogen) atoms. The van der Waals surface area contributed by atoms with E-state index in [1.807, 2.05) is 0 Å². The van der Waals surface area contributed by atoms with Crippen LogP contribution in [0.1, 0.15) is 31.9 Å². The minimum Gasteiger partial charge on any atom is -0.444 e. The molecular formula is C17H21FN4O3. The molecule has 1 N–H and O–H groups in total. The minimum absolute atomic E-state index is 0.200. The van der Waals surface area contributed by atoms with Gasteiger partial charge in [0.15, 0.2) is 0 Å². The number of carbonyl (C=O) groups excluding carboxylic acids is 2. The quantitative estimate of drug-likeness (QED) is 0.854. The molecule has 0 aliphatic heterocycles. The van der Waals surface area contributed by atoms with Crippen LogP contribution in [0.4, 0.5) is 9.18 Å². The van der Waals surface area contributed by atoms with E-state index in [1.165, 1.54) is 10.9 Å². The van der Waals surface area contributed by atoms with E-state index in [0.29, 0.717) is 36.0 Å². The number of nitrogens with zero attached hydrogens (tertiary/aromatic N) is 3. The fourth-order valence-corrected chi connectivity index (χ4v) is 2.97. The van der Waals surface area contributed by atoms with Crippen molar-refractivity contribution >= 4 is 23.4 Å². The molecule has 1 aliphatic carbocycles. The third-order valence-corrected chi connectivity index (χ3v) is 3.99. The Morgan fingerprint density at radius 1 is 1.40 bits per heavy atom. The van der Waals surface area contributed by atoms with E-state index in [-0.39, 0.29) is 18.3 Å². The van der Waals surface area contributed by atoms with Crippen LogP contribution in [0.5, 0.6) is 0 Å². The first-order valence-electron chi connectivity index (χ1n) is 8.24. The SMILES string of the molecule is CC(C)(C)OC(=O)NCCn1nc2cc(F)c3c(c2n1)CC(C=O)C3. The smallest absolute Gasteiger partial charge is 0.407 e. The van der Waals surface area contributed by atoms with E-state index < -0.39 is 11.7 Å². The summed E-state index contributed by atoms with van der Waals surface area (Å²) in [6, 6.07) is 1.35. The third-order valence-electron chi connectivity index (χ3n) is 3.99. The molecule has 1 atom stereocenters. The topological polar surface area (TPSA) is 86.1 Å². The predicted molar refractivity (Wildman–Crippen MR) is 88.7 cm³/mol. The average Bonchev–Trinajstić information content (AvgIpc) is 3.09. The maximum absolute atomic E-state index is 14.2. The first kappa shape index (κ1) is 17.3. The highest BCUT2D eigenvalue weighted by atomic mass is 19.1. The minimum atomic E-state index is -0.560. The van der Waals surface area contributed by atoms with Crippen molar-refractivity contribution in [3.63, 3.8) is 0 Å². The molecule has 1 aromatic carbocycles. The zero-order valence-corrected chi connectivity index (χ0v) is 14.5. The number of nitrogens with one attached hydrogen (secondary N) is 1. The van der Waals surface area contributed by atoms with Gasteiger partial charge in [0, 0.05) is 18.5 Å². The van der Waals surface area contributed by atoms with E-state index in [2.05, 4.69) is 15.5 Å². The summed E-state index contributed by atoms with van der Waals surface area (Å²) >= 11 is 0. The largest absolute Gasteiger partial charge is 0.444 e. The number of alkyl carbamates (subject to hydrolysis) is 1. The fraction of sp³-hybridized carbons (Fsp3) is 0.529. The van der Waals surface area contributed by atoms with Gasteiger partial charge in [-0.15, -0.1) is 0 Å². The monoisotopic (exact) mass is 348 g/mol. The van der Waals surface area contributed by atoms with Gasteiger partial charge in [-0.3, -0.25) is 0 Å². The number of hydrogen-bond donors (Lipinski definition) is 1. The highest BCUT2D eigenvalue weighted by Gasteiger charge is 2.28. The molecule has 0 saturated heterocycles. The number of hydrogen-bond acceptors (Lipinski definition) is 5. The van der Waals surface area contributed by atoms with Crippen molar-refractivity contribution in [3.8, 4) is 0 Å². The Morgan fingerprint density at radius 3 is 2.80 bits per heavy atom. The molecule has 0 spiro atoms. The molecule has 1 amide bonds. The number of aldehydes is 1. The van der Waals surface area contributed by atoms with Crippen LogP contribution in [-0.4, -0.2) is 39.5 Å². The number of fused-ring (bicyclic) bond motifs is 3. The molecular weight excluding hydrogens is 327 g/mol. The van der Waals surface area contributed by atoms with E-state index in [4.69, 9.17) is 4.74 Å². The van der Waals surface area contributed by atoms with Crippen LogP contribution in [0.3, 0.4) is 0 Å². The Morgan fingerprint density at radius 2 is 2.12 bits per heavy atom. The predicted octanol–water partition coefficient (Wildman–Crippen LogP) is 2.01. The lowest BCUT2D eigenvalue weighted by molar-refractivity contribution is -0.110. The first-order chi connectivity index (χ1) is 11.8. The number of ether oxygens (including phenoxy) is 1. The second kappa shape index (κ2) is 6.42. The number of amides is 1. The van der Waals surface area contributed by atoms with Crippen molar-refractivity contribution in [2.45, 2.75) is 45.8 Å². The number of carbonyl (C=O) groups is 2. The summed E-state index contributed by atoms with van der Waals surface area (Å²) in [4.78, 5) is 24.1. The van der Waals surface area contributed by atoms with Gasteiger partial charge in [0.1, 0.15) is 28.7 Å². The molecule has 7 nitrogen and oxygen atoms in total. The number of benzene rings is 1. The Kier molecular flexibility index (Phi) is 4.45. The lowest BCUT2D eigenvalue weighted by Crippen LogP contribution is -2.34. The van der Waals surface area contributed by atoms with Gasteiger partial charge in [-0.05, 0) is 44.7 Å². The maximum atomic E-state index is 14.2. The molecule has 3 rings (SSSR count). The molecule has 1 unspecified atom stereocenters. The van der Waals surface area contributed by atoms with Crippen LogP contribution in [0, 0.1) is 11.7 Å². The Bertz CT molecular complexity index is 825. The van der Waals surface area contributed by atoms with Gasteiger partial charge in [0.25, 0.3) is 0 Å². The molecule has 1 aliphatic rings. The third kappa shape index (κ3) is 3.78. The van der Waals surface area contributed by atoms with Gasteiger partial charge in [0.2, 0.25) is 0 Å². The maximum Gasteiger partial charge on any atom is 0.407 e. The van der Waals surface area contributed by atoms with E-state index in [1.54, 1.807) is 20.8 Å². The van der Waals surface area contributed by atoms with Gasteiger partial charge >= 0.3 is 6.09 Å². The van der Waals surface area contributed by atoms with E-state index >= 15 is 0 Å². The lowest BCUT2D eigenvalue weighted by atomic mass is 10.1. The van der Waals surface area contributed by atoms with Gasteiger partial charge in [-0.2, -0.15) is 15.0 Å². The second-order valence-corrected chi connectivity index (χ2v) is 7.21. The normalized spacial score (nSPS) is 16.7. The molecule has 8 heteroatoms. The Labute approximate surface area is 144 Å². The Balaban J connectivity index is 1.71. The molecule has 1 heterocycles. The summed E-state index contributed by atoms with van der Waals surface area (Å²) in [5.74, 6) is -0.542. The molecule has 0 fully saturated rings. The Hall–Kier alpha value is -2.51. The van der Waals surface area contributed by atoms with Crippen LogP contribution in [0.15, 0.2) is 6.07 Å². The van der Waals surface area contributed by atoms with Crippen molar-refractivity contribution in [3.05, 3.63) is 23.0 Å². The second-order valence-electron chi connectivity index (χ2n) is 7.21. The summed E-state index contributed by atoms with van der Waals surface area (Å²) in [7, 11) is 0. The molecule has 1 aromatic heterocycles. The fourth-order valence-electron chi connectivity index (χ4n) is 2.97. The standard InChI is InChI=1S/C17H21FN4O3/c1-17(2,3)25-16(24)19-4-5-22-20-14-8-13(18)11-6-10(9-23)7-12(11)15(14)21-22/h8-10H,4-7H2,1-3H3,(H,19,24). The molecule has 0 saturated carbocycles. The van der Waals surface area contributed by atoms with Gasteiger partial charge in [-0.1, -0.05) is 0 Å². The summed E-state index contributed by atoms with van der Waals surface area (Å²) in [6.45, 7) is 5.99.